The summed E-state index contributed by atoms with van der Waals surface area (Å²) in [5, 5.41) is 5.69. The molecular weight excluding hydrogens is 394 g/mol. The van der Waals surface area contributed by atoms with Gasteiger partial charge in [0.05, 0.1) is 5.69 Å². The molecule has 2 aliphatic heterocycles. The minimum Gasteiger partial charge on any atom is -0.479 e. The van der Waals surface area contributed by atoms with E-state index in [4.69, 9.17) is 4.74 Å². The van der Waals surface area contributed by atoms with Crippen LogP contribution in [0.4, 0.5) is 11.4 Å². The predicted molar refractivity (Wildman–Crippen MR) is 119 cm³/mol. The molecule has 1 atom stereocenters. The van der Waals surface area contributed by atoms with Gasteiger partial charge in [-0.1, -0.05) is 30.3 Å². The topological polar surface area (TPSA) is 87.7 Å². The average molecular weight is 419 g/mol. The fourth-order valence-corrected chi connectivity index (χ4v) is 3.73. The summed E-state index contributed by atoms with van der Waals surface area (Å²) in [7, 11) is 0. The molecule has 0 saturated carbocycles. The van der Waals surface area contributed by atoms with E-state index in [1.54, 1.807) is 42.2 Å². The van der Waals surface area contributed by atoms with Gasteiger partial charge in [-0.2, -0.15) is 0 Å². The van der Waals surface area contributed by atoms with Crippen molar-refractivity contribution in [2.75, 3.05) is 23.7 Å². The number of carbonyl (C=O) groups excluding carboxylic acids is 3. The Labute approximate surface area is 181 Å². The Balaban J connectivity index is 1.30. The van der Waals surface area contributed by atoms with Crippen LogP contribution in [0.3, 0.4) is 0 Å². The number of amides is 3. The van der Waals surface area contributed by atoms with Crippen molar-refractivity contribution in [1.82, 2.24) is 4.90 Å². The second kappa shape index (κ2) is 9.04. The van der Waals surface area contributed by atoms with Crippen LogP contribution in [0.1, 0.15) is 25.3 Å². The Morgan fingerprint density at radius 2 is 1.87 bits per heavy atom. The van der Waals surface area contributed by atoms with E-state index in [0.29, 0.717) is 43.1 Å². The number of carbonyl (C=O) groups is 3. The highest BCUT2D eigenvalue weighted by Gasteiger charge is 2.27. The molecule has 1 unspecified atom stereocenters. The summed E-state index contributed by atoms with van der Waals surface area (Å²) in [5.41, 5.74) is 2.13. The molecule has 1 fully saturated rings. The van der Waals surface area contributed by atoms with Crippen LogP contribution in [-0.4, -0.2) is 41.8 Å². The van der Waals surface area contributed by atoms with Gasteiger partial charge >= 0.3 is 0 Å². The van der Waals surface area contributed by atoms with Crippen LogP contribution in [0, 0.1) is 5.92 Å². The van der Waals surface area contributed by atoms with E-state index < -0.39 is 6.10 Å². The van der Waals surface area contributed by atoms with Crippen LogP contribution in [-0.2, 0) is 14.4 Å². The third-order valence-corrected chi connectivity index (χ3v) is 5.57. The molecule has 2 aliphatic rings. The second-order valence-electron chi connectivity index (χ2n) is 7.79. The molecule has 4 rings (SSSR count). The van der Waals surface area contributed by atoms with Gasteiger partial charge in [0.2, 0.25) is 11.8 Å². The van der Waals surface area contributed by atoms with Gasteiger partial charge in [0.15, 0.2) is 6.10 Å². The number of fused-ring (bicyclic) bond motifs is 1. The first-order valence-electron chi connectivity index (χ1n) is 10.4. The summed E-state index contributed by atoms with van der Waals surface area (Å²) in [6.45, 7) is 2.77. The third-order valence-electron chi connectivity index (χ3n) is 5.57. The predicted octanol–water partition coefficient (Wildman–Crippen LogP) is 3.30. The summed E-state index contributed by atoms with van der Waals surface area (Å²) in [6.07, 6.45) is 4.07. The summed E-state index contributed by atoms with van der Waals surface area (Å²) >= 11 is 0. The number of piperidine rings is 1. The molecule has 2 heterocycles. The zero-order valence-electron chi connectivity index (χ0n) is 17.3. The van der Waals surface area contributed by atoms with Gasteiger partial charge < -0.3 is 20.3 Å². The van der Waals surface area contributed by atoms with Crippen LogP contribution in [0.15, 0.2) is 54.6 Å². The Kier molecular flexibility index (Phi) is 6.02. The zero-order chi connectivity index (χ0) is 21.8. The van der Waals surface area contributed by atoms with Gasteiger partial charge in [-0.3, -0.25) is 14.4 Å². The maximum Gasteiger partial charge on any atom is 0.265 e. The third kappa shape index (κ3) is 4.94. The Morgan fingerprint density at radius 3 is 2.61 bits per heavy atom. The molecule has 2 N–H and O–H groups in total. The van der Waals surface area contributed by atoms with Gasteiger partial charge in [0.1, 0.15) is 5.75 Å². The Morgan fingerprint density at radius 1 is 1.13 bits per heavy atom. The summed E-state index contributed by atoms with van der Waals surface area (Å²) in [6, 6.07) is 14.9. The fraction of sp³-hybridized carbons (Fsp3) is 0.292. The van der Waals surface area contributed by atoms with Crippen molar-refractivity contribution in [2.24, 2.45) is 5.92 Å². The van der Waals surface area contributed by atoms with Crippen molar-refractivity contribution < 1.29 is 19.1 Å². The van der Waals surface area contributed by atoms with Crippen molar-refractivity contribution >= 4 is 35.2 Å². The number of nitrogens with zero attached hydrogens (tertiary/aromatic N) is 1. The minimum atomic E-state index is -0.539. The van der Waals surface area contributed by atoms with Gasteiger partial charge in [-0.05, 0) is 49.6 Å². The number of likely N-dealkylation sites (tertiary alicyclic amines) is 1. The first-order valence-corrected chi connectivity index (χ1v) is 10.4. The summed E-state index contributed by atoms with van der Waals surface area (Å²) < 4.78 is 5.53. The number of benzene rings is 2. The molecule has 0 radical (unpaired) electrons. The number of hydrogen-bond donors (Lipinski definition) is 2. The summed E-state index contributed by atoms with van der Waals surface area (Å²) in [5.74, 6) is 0.0875. The van der Waals surface area contributed by atoms with Gasteiger partial charge in [-0.15, -0.1) is 0 Å². The van der Waals surface area contributed by atoms with Crippen molar-refractivity contribution in [1.29, 1.82) is 0 Å². The highest BCUT2D eigenvalue weighted by atomic mass is 16.5. The largest absolute Gasteiger partial charge is 0.479 e. The molecule has 31 heavy (non-hydrogen) atoms. The van der Waals surface area contributed by atoms with E-state index in [2.05, 4.69) is 10.6 Å². The molecule has 0 bridgehead atoms. The lowest BCUT2D eigenvalue weighted by atomic mass is 9.95. The van der Waals surface area contributed by atoms with E-state index in [-0.39, 0.29) is 23.6 Å². The number of rotatable bonds is 4. The maximum atomic E-state index is 12.7. The van der Waals surface area contributed by atoms with Crippen molar-refractivity contribution in [3.8, 4) is 5.75 Å². The fourth-order valence-electron chi connectivity index (χ4n) is 3.73. The van der Waals surface area contributed by atoms with Crippen molar-refractivity contribution in [3.63, 3.8) is 0 Å². The Bertz CT molecular complexity index is 1010. The van der Waals surface area contributed by atoms with Crippen LogP contribution in [0.2, 0.25) is 0 Å². The molecule has 7 heteroatoms. The molecule has 2 aromatic carbocycles. The van der Waals surface area contributed by atoms with E-state index in [0.717, 1.165) is 5.56 Å². The standard InChI is InChI=1S/C24H25N3O4/c1-16-23(29)26-20-15-19(8-9-21(20)31-16)25-24(30)18-11-13-27(14-12-18)22(28)10-7-17-5-3-2-4-6-17/h2-10,15-16,18H,11-14H2,1H3,(H,25,30)(H,26,29). The highest BCUT2D eigenvalue weighted by Crippen LogP contribution is 2.32. The molecule has 0 aliphatic carbocycles. The molecule has 160 valence electrons. The molecule has 2 aromatic rings. The SMILES string of the molecule is CC1Oc2ccc(NC(=O)C3CCN(C(=O)C=Cc4ccccc4)CC3)cc2NC1=O. The molecule has 0 spiro atoms. The summed E-state index contributed by atoms with van der Waals surface area (Å²) in [4.78, 5) is 38.7. The quantitative estimate of drug-likeness (QED) is 0.745. The Hall–Kier alpha value is -3.61. The molecule has 1 saturated heterocycles. The van der Waals surface area contributed by atoms with Crippen LogP contribution in [0.5, 0.6) is 5.75 Å². The normalized spacial score (nSPS) is 18.8. The molecule has 7 nitrogen and oxygen atoms in total. The number of ether oxygens (including phenoxy) is 1. The van der Waals surface area contributed by atoms with E-state index in [1.807, 2.05) is 30.3 Å². The smallest absolute Gasteiger partial charge is 0.265 e. The lowest BCUT2D eigenvalue weighted by molar-refractivity contribution is -0.130. The maximum absolute atomic E-state index is 12.7. The molecular formula is C24H25N3O4. The van der Waals surface area contributed by atoms with Gasteiger partial charge in [0.25, 0.3) is 5.91 Å². The van der Waals surface area contributed by atoms with Gasteiger partial charge in [0, 0.05) is 30.8 Å². The van der Waals surface area contributed by atoms with E-state index in [9.17, 15) is 14.4 Å². The lowest BCUT2D eigenvalue weighted by Crippen LogP contribution is -2.40. The number of nitrogens with one attached hydrogen (secondary N) is 2. The van der Waals surface area contributed by atoms with E-state index in [1.165, 1.54) is 0 Å². The number of hydrogen-bond acceptors (Lipinski definition) is 4. The zero-order valence-corrected chi connectivity index (χ0v) is 17.3. The first kappa shape index (κ1) is 20.7. The van der Waals surface area contributed by atoms with Gasteiger partial charge in [-0.25, -0.2) is 0 Å². The van der Waals surface area contributed by atoms with Crippen LogP contribution < -0.4 is 15.4 Å². The molecule has 3 amide bonds. The van der Waals surface area contributed by atoms with Crippen molar-refractivity contribution in [2.45, 2.75) is 25.9 Å². The first-order chi connectivity index (χ1) is 15.0. The monoisotopic (exact) mass is 419 g/mol. The van der Waals surface area contributed by atoms with Crippen LogP contribution in [0.25, 0.3) is 6.08 Å². The average Bonchev–Trinajstić information content (AvgIpc) is 2.79. The van der Waals surface area contributed by atoms with Crippen LogP contribution >= 0.6 is 0 Å². The lowest BCUT2D eigenvalue weighted by Gasteiger charge is -2.30. The van der Waals surface area contributed by atoms with Crippen molar-refractivity contribution in [3.05, 3.63) is 60.2 Å². The number of anilines is 2. The van der Waals surface area contributed by atoms with E-state index >= 15 is 0 Å². The molecule has 0 aromatic heterocycles. The second-order valence-corrected chi connectivity index (χ2v) is 7.79. The minimum absolute atomic E-state index is 0.0395. The highest BCUT2D eigenvalue weighted by molar-refractivity contribution is 5.99.